The fourth-order valence-electron chi connectivity index (χ4n) is 3.31. The quantitative estimate of drug-likeness (QED) is 0.449. The van der Waals surface area contributed by atoms with Gasteiger partial charge in [-0.3, -0.25) is 20.4 Å². The Morgan fingerprint density at radius 3 is 2.23 bits per heavy atom. The molecular formula is C22H21N5O2S2. The van der Waals surface area contributed by atoms with Crippen LogP contribution in [0.3, 0.4) is 0 Å². The van der Waals surface area contributed by atoms with Gasteiger partial charge < -0.3 is 0 Å². The minimum absolute atomic E-state index is 0.378. The standard InChI is InChI=1S/C22H21N5O2S2/c1-5-15-23-12(3)16-11(2)17(30-22(16)25-15)19(28)26-27-20(29)18-13(4)24-21(31-18)14-9-7-6-8-10-14/h6-10H,5H2,1-4H3,(H,26,28)(H,27,29). The number of hydrazine groups is 1. The Morgan fingerprint density at radius 1 is 0.871 bits per heavy atom. The van der Waals surface area contributed by atoms with Gasteiger partial charge in [0.1, 0.15) is 20.5 Å². The molecule has 0 atom stereocenters. The largest absolute Gasteiger partial charge is 0.281 e. The second-order valence-electron chi connectivity index (χ2n) is 7.02. The van der Waals surface area contributed by atoms with Crippen LogP contribution in [0.25, 0.3) is 20.8 Å². The summed E-state index contributed by atoms with van der Waals surface area (Å²) < 4.78 is 0. The fourth-order valence-corrected chi connectivity index (χ4v) is 5.42. The lowest BCUT2D eigenvalue weighted by Crippen LogP contribution is -2.41. The summed E-state index contributed by atoms with van der Waals surface area (Å²) in [5.74, 6) is -0.0216. The fraction of sp³-hybridized carbons (Fsp3) is 0.227. The summed E-state index contributed by atoms with van der Waals surface area (Å²) >= 11 is 2.59. The molecule has 0 fully saturated rings. The molecule has 4 aromatic rings. The average molecular weight is 452 g/mol. The second kappa shape index (κ2) is 8.52. The monoisotopic (exact) mass is 451 g/mol. The first kappa shape index (κ1) is 21.1. The highest BCUT2D eigenvalue weighted by molar-refractivity contribution is 7.20. The number of amides is 2. The minimum Gasteiger partial charge on any atom is -0.266 e. The third-order valence-corrected chi connectivity index (χ3v) is 7.24. The Kier molecular flexibility index (Phi) is 5.79. The maximum Gasteiger partial charge on any atom is 0.281 e. The Bertz CT molecular complexity index is 1290. The molecule has 0 saturated carbocycles. The highest BCUT2D eigenvalue weighted by Crippen LogP contribution is 2.31. The van der Waals surface area contributed by atoms with Crippen molar-refractivity contribution in [2.24, 2.45) is 0 Å². The molecule has 0 radical (unpaired) electrons. The van der Waals surface area contributed by atoms with Crippen LogP contribution in [0.15, 0.2) is 30.3 Å². The first-order chi connectivity index (χ1) is 14.9. The number of nitrogens with one attached hydrogen (secondary N) is 2. The molecule has 0 aliphatic rings. The topological polar surface area (TPSA) is 96.9 Å². The zero-order valence-electron chi connectivity index (χ0n) is 17.6. The molecule has 0 spiro atoms. The molecule has 2 N–H and O–H groups in total. The predicted molar refractivity (Wildman–Crippen MR) is 123 cm³/mol. The van der Waals surface area contributed by atoms with E-state index in [4.69, 9.17) is 0 Å². The number of benzene rings is 1. The lowest BCUT2D eigenvalue weighted by atomic mass is 10.1. The van der Waals surface area contributed by atoms with Crippen LogP contribution in [0, 0.1) is 20.8 Å². The molecule has 31 heavy (non-hydrogen) atoms. The summed E-state index contributed by atoms with van der Waals surface area (Å²) in [6.07, 6.45) is 0.727. The molecule has 0 unspecified atom stereocenters. The van der Waals surface area contributed by atoms with Gasteiger partial charge in [0, 0.05) is 23.1 Å². The van der Waals surface area contributed by atoms with Crippen molar-refractivity contribution >= 4 is 44.7 Å². The number of rotatable bonds is 4. The average Bonchev–Trinajstić information content (AvgIpc) is 3.32. The number of carbonyl (C=O) groups excluding carboxylic acids is 2. The van der Waals surface area contributed by atoms with Gasteiger partial charge in [-0.15, -0.1) is 22.7 Å². The number of aromatic nitrogens is 3. The molecule has 4 rings (SSSR count). The minimum atomic E-state index is -0.395. The number of fused-ring (bicyclic) bond motifs is 1. The smallest absolute Gasteiger partial charge is 0.266 e. The summed E-state index contributed by atoms with van der Waals surface area (Å²) in [5.41, 5.74) is 8.27. The van der Waals surface area contributed by atoms with Crippen LogP contribution in [0.1, 0.15) is 49.0 Å². The van der Waals surface area contributed by atoms with Gasteiger partial charge >= 0.3 is 0 Å². The van der Waals surface area contributed by atoms with Gasteiger partial charge in [0.2, 0.25) is 0 Å². The van der Waals surface area contributed by atoms with Gasteiger partial charge in [-0.05, 0) is 26.3 Å². The molecule has 3 aromatic heterocycles. The third kappa shape index (κ3) is 4.06. The van der Waals surface area contributed by atoms with E-state index in [1.54, 1.807) is 6.92 Å². The Hall–Kier alpha value is -3.17. The van der Waals surface area contributed by atoms with E-state index in [1.165, 1.54) is 22.7 Å². The number of hydrogen-bond donors (Lipinski definition) is 2. The van der Waals surface area contributed by atoms with Crippen molar-refractivity contribution < 1.29 is 9.59 Å². The maximum atomic E-state index is 12.8. The molecule has 0 bridgehead atoms. The van der Waals surface area contributed by atoms with Crippen molar-refractivity contribution in [2.45, 2.75) is 34.1 Å². The summed E-state index contributed by atoms with van der Waals surface area (Å²) in [7, 11) is 0. The molecular weight excluding hydrogens is 430 g/mol. The van der Waals surface area contributed by atoms with E-state index in [9.17, 15) is 9.59 Å². The summed E-state index contributed by atoms with van der Waals surface area (Å²) in [6, 6.07) is 9.67. The van der Waals surface area contributed by atoms with Crippen molar-refractivity contribution in [3.8, 4) is 10.6 Å². The van der Waals surface area contributed by atoms with E-state index in [2.05, 4.69) is 25.8 Å². The molecule has 2 amide bonds. The van der Waals surface area contributed by atoms with Gasteiger partial charge in [0.25, 0.3) is 11.8 Å². The number of thiazole rings is 1. The number of nitrogens with zero attached hydrogens (tertiary/aromatic N) is 3. The number of thiophene rings is 1. The number of hydrogen-bond acceptors (Lipinski definition) is 7. The van der Waals surface area contributed by atoms with Crippen LogP contribution < -0.4 is 10.9 Å². The molecule has 0 aliphatic carbocycles. The molecule has 0 aliphatic heterocycles. The van der Waals surface area contributed by atoms with Crippen LogP contribution in [0.2, 0.25) is 0 Å². The van der Waals surface area contributed by atoms with Crippen molar-refractivity contribution in [3.63, 3.8) is 0 Å². The molecule has 1 aromatic carbocycles. The molecule has 158 valence electrons. The van der Waals surface area contributed by atoms with Gasteiger partial charge in [0.05, 0.1) is 10.6 Å². The molecule has 9 heteroatoms. The van der Waals surface area contributed by atoms with Crippen LogP contribution in [-0.2, 0) is 6.42 Å². The second-order valence-corrected chi connectivity index (χ2v) is 9.02. The molecule has 3 heterocycles. The van der Waals surface area contributed by atoms with Gasteiger partial charge in [0.15, 0.2) is 0 Å². The van der Waals surface area contributed by atoms with E-state index in [0.29, 0.717) is 15.4 Å². The lowest BCUT2D eigenvalue weighted by molar-refractivity contribution is 0.0850. The molecule has 0 saturated heterocycles. The normalized spacial score (nSPS) is 11.0. The zero-order valence-corrected chi connectivity index (χ0v) is 19.2. The van der Waals surface area contributed by atoms with E-state index in [-0.39, 0.29) is 5.91 Å². The summed E-state index contributed by atoms with van der Waals surface area (Å²) in [6.45, 7) is 7.57. The third-order valence-electron chi connectivity index (χ3n) is 4.85. The van der Waals surface area contributed by atoms with Crippen molar-refractivity contribution in [1.82, 2.24) is 25.8 Å². The van der Waals surface area contributed by atoms with Gasteiger partial charge in [-0.2, -0.15) is 0 Å². The van der Waals surface area contributed by atoms with Crippen LogP contribution in [0.5, 0.6) is 0 Å². The molecule has 7 nitrogen and oxygen atoms in total. The SMILES string of the molecule is CCc1nc(C)c2c(C)c(C(=O)NNC(=O)c3sc(-c4ccccc4)nc3C)sc2n1. The Labute approximate surface area is 187 Å². The van der Waals surface area contributed by atoms with Crippen LogP contribution in [0.4, 0.5) is 0 Å². The van der Waals surface area contributed by atoms with Crippen molar-refractivity contribution in [1.29, 1.82) is 0 Å². The Morgan fingerprint density at radius 2 is 1.55 bits per heavy atom. The summed E-state index contributed by atoms with van der Waals surface area (Å²) in [4.78, 5) is 40.7. The van der Waals surface area contributed by atoms with E-state index < -0.39 is 5.91 Å². The van der Waals surface area contributed by atoms with Gasteiger partial charge in [-0.25, -0.2) is 15.0 Å². The van der Waals surface area contributed by atoms with E-state index in [1.807, 2.05) is 51.1 Å². The zero-order chi connectivity index (χ0) is 22.1. The van der Waals surface area contributed by atoms with Crippen LogP contribution >= 0.6 is 22.7 Å². The Balaban J connectivity index is 1.52. The predicted octanol–water partition coefficient (Wildman–Crippen LogP) is 4.38. The van der Waals surface area contributed by atoms with Gasteiger partial charge in [-0.1, -0.05) is 37.3 Å². The highest BCUT2D eigenvalue weighted by atomic mass is 32.1. The lowest BCUT2D eigenvalue weighted by Gasteiger charge is -2.06. The highest BCUT2D eigenvalue weighted by Gasteiger charge is 2.21. The summed E-state index contributed by atoms with van der Waals surface area (Å²) in [5, 5.41) is 1.65. The van der Waals surface area contributed by atoms with Crippen LogP contribution in [-0.4, -0.2) is 26.8 Å². The maximum absolute atomic E-state index is 12.8. The van der Waals surface area contributed by atoms with Crippen molar-refractivity contribution in [3.05, 3.63) is 62.9 Å². The first-order valence-electron chi connectivity index (χ1n) is 9.79. The van der Waals surface area contributed by atoms with E-state index in [0.717, 1.165) is 44.3 Å². The number of carbonyl (C=O) groups is 2. The number of aryl methyl sites for hydroxylation is 4. The van der Waals surface area contributed by atoms with Crippen molar-refractivity contribution in [2.75, 3.05) is 0 Å². The first-order valence-corrected chi connectivity index (χ1v) is 11.4. The van der Waals surface area contributed by atoms with E-state index >= 15 is 0 Å².